The van der Waals surface area contributed by atoms with Crippen LogP contribution in [0.2, 0.25) is 0 Å². The van der Waals surface area contributed by atoms with Crippen molar-refractivity contribution in [2.45, 2.75) is 52.6 Å². The van der Waals surface area contributed by atoms with Gasteiger partial charge in [-0.05, 0) is 50.9 Å². The summed E-state index contributed by atoms with van der Waals surface area (Å²) in [6.07, 6.45) is 0.725. The largest absolute Gasteiger partial charge is 0.299 e. The highest BCUT2D eigenvalue weighted by atomic mass is 35.5. The molecule has 0 amide bonds. The third kappa shape index (κ3) is 9.70. The molecule has 0 bridgehead atoms. The highest BCUT2D eigenvalue weighted by Crippen LogP contribution is 2.06. The van der Waals surface area contributed by atoms with E-state index >= 15 is 0 Å². The van der Waals surface area contributed by atoms with E-state index in [0.717, 1.165) is 13.1 Å². The normalized spacial score (nSPS) is 11.9. The van der Waals surface area contributed by atoms with Gasteiger partial charge in [0.1, 0.15) is 0 Å². The highest BCUT2D eigenvalue weighted by molar-refractivity contribution is 6.63. The van der Waals surface area contributed by atoms with E-state index in [4.69, 9.17) is 23.2 Å². The van der Waals surface area contributed by atoms with Crippen LogP contribution >= 0.6 is 23.2 Å². The molecular formula is C14H26Cl2N2O2. The molecule has 6 heteroatoms. The van der Waals surface area contributed by atoms with Gasteiger partial charge in [-0.2, -0.15) is 0 Å². The van der Waals surface area contributed by atoms with Crippen LogP contribution in [0.25, 0.3) is 0 Å². The van der Waals surface area contributed by atoms with Gasteiger partial charge < -0.3 is 0 Å². The van der Waals surface area contributed by atoms with E-state index in [2.05, 4.69) is 37.5 Å². The smallest absolute Gasteiger partial charge is 0.222 e. The number of carbonyl (C=O) groups excluding carboxylic acids is 2. The van der Waals surface area contributed by atoms with Gasteiger partial charge >= 0.3 is 0 Å². The Labute approximate surface area is 132 Å². The summed E-state index contributed by atoms with van der Waals surface area (Å²) in [6.45, 7) is 11.4. The first-order valence-corrected chi connectivity index (χ1v) is 7.84. The van der Waals surface area contributed by atoms with E-state index in [-0.39, 0.29) is 10.5 Å². The maximum absolute atomic E-state index is 10.9. The van der Waals surface area contributed by atoms with Gasteiger partial charge in [-0.3, -0.25) is 19.4 Å². The average molecular weight is 325 g/mol. The molecule has 0 aromatic carbocycles. The van der Waals surface area contributed by atoms with Gasteiger partial charge in [0.15, 0.2) is 0 Å². The molecule has 0 N–H and O–H groups in total. The first-order valence-electron chi connectivity index (χ1n) is 7.08. The van der Waals surface area contributed by atoms with Gasteiger partial charge in [0.25, 0.3) is 0 Å². The molecule has 0 aromatic rings. The molecule has 0 heterocycles. The Balaban J connectivity index is 4.31. The molecule has 0 aliphatic heterocycles. The van der Waals surface area contributed by atoms with Crippen molar-refractivity contribution < 1.29 is 9.59 Å². The maximum Gasteiger partial charge on any atom is 0.222 e. The zero-order valence-corrected chi connectivity index (χ0v) is 14.4. The minimum absolute atomic E-state index is 0.302. The van der Waals surface area contributed by atoms with Crippen molar-refractivity contribution in [2.75, 3.05) is 26.2 Å². The number of carbonyl (C=O) groups is 2. The third-order valence-corrected chi connectivity index (χ3v) is 3.70. The molecule has 0 aliphatic rings. The van der Waals surface area contributed by atoms with Crippen molar-refractivity contribution in [1.29, 1.82) is 0 Å². The van der Waals surface area contributed by atoms with Crippen LogP contribution in [-0.2, 0) is 9.59 Å². The lowest BCUT2D eigenvalue weighted by atomic mass is 10.2. The van der Waals surface area contributed by atoms with Crippen molar-refractivity contribution in [3.05, 3.63) is 0 Å². The zero-order valence-electron chi connectivity index (χ0n) is 12.9. The van der Waals surface area contributed by atoms with Crippen molar-refractivity contribution in [3.8, 4) is 0 Å². The molecule has 0 aromatic heterocycles. The Morgan fingerprint density at radius 1 is 0.750 bits per heavy atom. The van der Waals surface area contributed by atoms with E-state index in [1.165, 1.54) is 0 Å². The lowest BCUT2D eigenvalue weighted by Gasteiger charge is -2.31. The molecular weight excluding hydrogens is 299 g/mol. The van der Waals surface area contributed by atoms with Gasteiger partial charge in [-0.1, -0.05) is 0 Å². The summed E-state index contributed by atoms with van der Waals surface area (Å²) in [5, 5.41) is -0.604. The molecule has 0 saturated heterocycles. The van der Waals surface area contributed by atoms with Crippen LogP contribution in [0.4, 0.5) is 0 Å². The molecule has 0 atom stereocenters. The predicted octanol–water partition coefficient (Wildman–Crippen LogP) is 2.72. The summed E-state index contributed by atoms with van der Waals surface area (Å²) in [4.78, 5) is 26.2. The molecule has 0 spiro atoms. The van der Waals surface area contributed by atoms with Crippen molar-refractivity contribution >= 4 is 33.7 Å². The van der Waals surface area contributed by atoms with Crippen LogP contribution in [0.5, 0.6) is 0 Å². The Morgan fingerprint density at radius 2 is 1.05 bits per heavy atom. The zero-order chi connectivity index (χ0) is 15.7. The number of halogens is 2. The highest BCUT2D eigenvalue weighted by Gasteiger charge is 2.15. The van der Waals surface area contributed by atoms with Crippen molar-refractivity contribution in [1.82, 2.24) is 9.80 Å². The Morgan fingerprint density at radius 3 is 1.25 bits per heavy atom. The molecule has 0 radical (unpaired) electrons. The first kappa shape index (κ1) is 19.8. The van der Waals surface area contributed by atoms with Gasteiger partial charge in [0.05, 0.1) is 0 Å². The Bertz CT molecular complexity index is 280. The second kappa shape index (κ2) is 10.6. The van der Waals surface area contributed by atoms with Crippen LogP contribution in [0.15, 0.2) is 0 Å². The van der Waals surface area contributed by atoms with Gasteiger partial charge in [-0.25, -0.2) is 0 Å². The summed E-state index contributed by atoms with van der Waals surface area (Å²) in [7, 11) is 0. The van der Waals surface area contributed by atoms with E-state index < -0.39 is 0 Å². The second-order valence-corrected chi connectivity index (χ2v) is 6.31. The SMILES string of the molecule is CC(C)N(CCC(=O)Cl)CCN(CCC(=O)Cl)C(C)C. The fourth-order valence-electron chi connectivity index (χ4n) is 1.98. The van der Waals surface area contributed by atoms with Crippen LogP contribution in [0.3, 0.4) is 0 Å². The molecule has 20 heavy (non-hydrogen) atoms. The lowest BCUT2D eigenvalue weighted by Crippen LogP contribution is -2.42. The molecule has 0 saturated carbocycles. The van der Waals surface area contributed by atoms with Gasteiger partial charge in [0.2, 0.25) is 10.5 Å². The van der Waals surface area contributed by atoms with Crippen LogP contribution in [0.1, 0.15) is 40.5 Å². The monoisotopic (exact) mass is 324 g/mol. The number of nitrogens with zero attached hydrogens (tertiary/aromatic N) is 2. The molecule has 0 unspecified atom stereocenters. The number of hydrogen-bond acceptors (Lipinski definition) is 4. The fraction of sp³-hybridized carbons (Fsp3) is 0.857. The van der Waals surface area contributed by atoms with E-state index in [1.807, 2.05) is 0 Å². The summed E-state index contributed by atoms with van der Waals surface area (Å²) >= 11 is 10.8. The molecule has 4 nitrogen and oxygen atoms in total. The lowest BCUT2D eigenvalue weighted by molar-refractivity contribution is -0.113. The number of hydrogen-bond donors (Lipinski definition) is 0. The van der Waals surface area contributed by atoms with Crippen LogP contribution in [0, 0.1) is 0 Å². The second-order valence-electron chi connectivity index (χ2n) is 5.47. The minimum Gasteiger partial charge on any atom is -0.299 e. The summed E-state index contributed by atoms with van der Waals surface area (Å²) < 4.78 is 0. The van der Waals surface area contributed by atoms with E-state index in [9.17, 15) is 9.59 Å². The van der Waals surface area contributed by atoms with Gasteiger partial charge in [-0.15, -0.1) is 0 Å². The average Bonchev–Trinajstić information content (AvgIpc) is 2.30. The van der Waals surface area contributed by atoms with Crippen molar-refractivity contribution in [2.24, 2.45) is 0 Å². The Kier molecular flexibility index (Phi) is 10.5. The fourth-order valence-corrected chi connectivity index (χ4v) is 2.15. The molecule has 118 valence electrons. The molecule has 0 aliphatic carbocycles. The van der Waals surface area contributed by atoms with E-state index in [0.29, 0.717) is 38.0 Å². The standard InChI is InChI=1S/C14H26Cl2N2O2/c1-11(2)17(7-5-13(15)19)9-10-18(12(3)4)8-6-14(16)20/h11-12H,5-10H2,1-4H3. The van der Waals surface area contributed by atoms with E-state index in [1.54, 1.807) is 0 Å². The minimum atomic E-state index is -0.302. The third-order valence-electron chi connectivity index (χ3n) is 3.33. The molecule has 0 rings (SSSR count). The van der Waals surface area contributed by atoms with Gasteiger partial charge in [0, 0.05) is 51.1 Å². The van der Waals surface area contributed by atoms with Crippen LogP contribution in [-0.4, -0.2) is 58.5 Å². The van der Waals surface area contributed by atoms with Crippen molar-refractivity contribution in [3.63, 3.8) is 0 Å². The number of rotatable bonds is 11. The Hall–Kier alpha value is -0.160. The first-order chi connectivity index (χ1) is 9.23. The summed E-state index contributed by atoms with van der Waals surface area (Å²) in [5.74, 6) is 0. The summed E-state index contributed by atoms with van der Waals surface area (Å²) in [6, 6.07) is 0.712. The quantitative estimate of drug-likeness (QED) is 0.548. The summed E-state index contributed by atoms with van der Waals surface area (Å²) in [5.41, 5.74) is 0. The van der Waals surface area contributed by atoms with Crippen LogP contribution < -0.4 is 0 Å². The predicted molar refractivity (Wildman–Crippen MR) is 84.4 cm³/mol. The maximum atomic E-state index is 10.9. The topological polar surface area (TPSA) is 40.6 Å². The molecule has 0 fully saturated rings.